The summed E-state index contributed by atoms with van der Waals surface area (Å²) in [4.78, 5) is 23.2. The number of nitrogens with zero attached hydrogens (tertiary/aromatic N) is 5. The van der Waals surface area contributed by atoms with E-state index in [0.717, 1.165) is 23.4 Å². The number of aryl methyl sites for hydroxylation is 1. The molecule has 0 atom stereocenters. The summed E-state index contributed by atoms with van der Waals surface area (Å²) in [5, 5.41) is 0. The van der Waals surface area contributed by atoms with Crippen molar-refractivity contribution in [1.29, 1.82) is 0 Å². The highest BCUT2D eigenvalue weighted by Crippen LogP contribution is 2.13. The maximum atomic E-state index is 12.6. The minimum atomic E-state index is 0.0899. The fraction of sp³-hybridized carbons (Fsp3) is 0.227. The highest BCUT2D eigenvalue weighted by atomic mass is 16.2. The number of benzene rings is 2. The number of aromatic nitrogens is 4. The predicted molar refractivity (Wildman–Crippen MR) is 109 cm³/mol. The molecular weight excluding hydrogens is 350 g/mol. The summed E-state index contributed by atoms with van der Waals surface area (Å²) in [5.74, 6) is 0.972. The molecule has 0 fully saturated rings. The van der Waals surface area contributed by atoms with E-state index in [1.807, 2.05) is 60.3 Å². The number of hydrogen-bond donors (Lipinski definition) is 0. The first-order valence-electron chi connectivity index (χ1n) is 9.38. The van der Waals surface area contributed by atoms with E-state index in [1.165, 1.54) is 5.56 Å². The van der Waals surface area contributed by atoms with Gasteiger partial charge in [0.1, 0.15) is 5.82 Å². The number of fused-ring (bicyclic) bond motifs is 1. The molecule has 4 rings (SSSR count). The lowest BCUT2D eigenvalue weighted by molar-refractivity contribution is -0.130. The van der Waals surface area contributed by atoms with Crippen LogP contribution in [0.2, 0.25) is 0 Å². The van der Waals surface area contributed by atoms with Crippen LogP contribution < -0.4 is 0 Å². The second kappa shape index (κ2) is 8.08. The Kier molecular flexibility index (Phi) is 5.19. The van der Waals surface area contributed by atoms with Crippen molar-refractivity contribution in [2.45, 2.75) is 26.1 Å². The quantitative estimate of drug-likeness (QED) is 0.499. The summed E-state index contributed by atoms with van der Waals surface area (Å²) in [7, 11) is 1.83. The summed E-state index contributed by atoms with van der Waals surface area (Å²) >= 11 is 0. The molecule has 0 saturated heterocycles. The van der Waals surface area contributed by atoms with Crippen molar-refractivity contribution in [1.82, 2.24) is 24.0 Å². The number of carbonyl (C=O) groups is 1. The van der Waals surface area contributed by atoms with Gasteiger partial charge in [-0.2, -0.15) is 0 Å². The summed E-state index contributed by atoms with van der Waals surface area (Å²) < 4.78 is 4.11. The fourth-order valence-corrected chi connectivity index (χ4v) is 3.31. The van der Waals surface area contributed by atoms with Gasteiger partial charge in [0, 0.05) is 39.0 Å². The molecule has 0 spiro atoms. The number of para-hydroxylation sites is 2. The van der Waals surface area contributed by atoms with Gasteiger partial charge < -0.3 is 14.0 Å². The first-order chi connectivity index (χ1) is 13.7. The maximum absolute atomic E-state index is 12.6. The summed E-state index contributed by atoms with van der Waals surface area (Å²) in [6.07, 6.45) is 5.97. The highest BCUT2D eigenvalue weighted by molar-refractivity contribution is 5.77. The van der Waals surface area contributed by atoms with Gasteiger partial charge in [-0.05, 0) is 17.7 Å². The summed E-state index contributed by atoms with van der Waals surface area (Å²) in [6, 6.07) is 18.2. The summed E-state index contributed by atoms with van der Waals surface area (Å²) in [6.45, 7) is 1.85. The highest BCUT2D eigenvalue weighted by Gasteiger charge is 2.13. The van der Waals surface area contributed by atoms with Gasteiger partial charge in [0.15, 0.2) is 0 Å². The molecular formula is C22H23N5O. The van der Waals surface area contributed by atoms with Crippen LogP contribution in [-0.2, 0) is 24.4 Å². The van der Waals surface area contributed by atoms with Crippen LogP contribution in [0.5, 0.6) is 0 Å². The van der Waals surface area contributed by atoms with Gasteiger partial charge in [0.25, 0.3) is 0 Å². The second-order valence-corrected chi connectivity index (χ2v) is 6.88. The largest absolute Gasteiger partial charge is 0.338 e. The Hall–Kier alpha value is -3.41. The van der Waals surface area contributed by atoms with Crippen LogP contribution in [0.4, 0.5) is 0 Å². The second-order valence-electron chi connectivity index (χ2n) is 6.88. The monoisotopic (exact) mass is 373 g/mol. The van der Waals surface area contributed by atoms with Crippen molar-refractivity contribution in [3.63, 3.8) is 0 Å². The van der Waals surface area contributed by atoms with Crippen molar-refractivity contribution in [2.75, 3.05) is 7.05 Å². The Labute approximate surface area is 164 Å². The van der Waals surface area contributed by atoms with Gasteiger partial charge >= 0.3 is 0 Å². The molecule has 2 aromatic carbocycles. The van der Waals surface area contributed by atoms with Crippen LogP contribution in [0.15, 0.2) is 73.3 Å². The zero-order chi connectivity index (χ0) is 19.3. The summed E-state index contributed by atoms with van der Waals surface area (Å²) in [5.41, 5.74) is 3.21. The third-order valence-electron chi connectivity index (χ3n) is 4.90. The molecule has 0 N–H and O–H groups in total. The number of carbonyl (C=O) groups excluding carboxylic acids is 1. The van der Waals surface area contributed by atoms with Gasteiger partial charge in [-0.3, -0.25) is 4.79 Å². The average molecular weight is 373 g/mol. The molecule has 6 heteroatoms. The van der Waals surface area contributed by atoms with Crippen LogP contribution in [-0.4, -0.2) is 37.0 Å². The van der Waals surface area contributed by atoms with E-state index in [9.17, 15) is 4.79 Å². The molecule has 4 aromatic rings. The van der Waals surface area contributed by atoms with Gasteiger partial charge in [-0.1, -0.05) is 42.5 Å². The first-order valence-corrected chi connectivity index (χ1v) is 9.38. The van der Waals surface area contributed by atoms with Crippen LogP contribution in [0.1, 0.15) is 17.8 Å². The molecule has 0 unspecified atom stereocenters. The van der Waals surface area contributed by atoms with Crippen molar-refractivity contribution < 1.29 is 4.79 Å². The average Bonchev–Trinajstić information content (AvgIpc) is 3.34. The Morgan fingerprint density at radius 2 is 1.79 bits per heavy atom. The standard InChI is InChI=1S/C22H23N5O/c1-25(16-21-23-12-14-26(21)15-18-7-3-2-4-8-18)22(28)11-13-27-17-24-19-9-5-6-10-20(19)27/h2-10,12,14,17H,11,13,15-16H2,1H3. The van der Waals surface area contributed by atoms with Crippen molar-refractivity contribution in [3.8, 4) is 0 Å². The van der Waals surface area contributed by atoms with Crippen LogP contribution in [0, 0.1) is 0 Å². The fourth-order valence-electron chi connectivity index (χ4n) is 3.31. The van der Waals surface area contributed by atoms with E-state index in [2.05, 4.69) is 26.7 Å². The topological polar surface area (TPSA) is 56.0 Å². The van der Waals surface area contributed by atoms with Crippen LogP contribution in [0.3, 0.4) is 0 Å². The van der Waals surface area contributed by atoms with E-state index in [0.29, 0.717) is 19.5 Å². The molecule has 0 aliphatic heterocycles. The maximum Gasteiger partial charge on any atom is 0.224 e. The lowest BCUT2D eigenvalue weighted by atomic mass is 10.2. The predicted octanol–water partition coefficient (Wildman–Crippen LogP) is 3.33. The van der Waals surface area contributed by atoms with Gasteiger partial charge in [0.2, 0.25) is 5.91 Å². The lowest BCUT2D eigenvalue weighted by Crippen LogP contribution is -2.28. The molecule has 0 aliphatic carbocycles. The van der Waals surface area contributed by atoms with Crippen LogP contribution in [0.25, 0.3) is 11.0 Å². The van der Waals surface area contributed by atoms with E-state index in [1.54, 1.807) is 17.4 Å². The van der Waals surface area contributed by atoms with Gasteiger partial charge in [0.05, 0.1) is 23.9 Å². The number of rotatable bonds is 7. The number of hydrogen-bond acceptors (Lipinski definition) is 3. The molecule has 2 aromatic heterocycles. The molecule has 1 amide bonds. The molecule has 0 radical (unpaired) electrons. The van der Waals surface area contributed by atoms with E-state index in [-0.39, 0.29) is 5.91 Å². The molecule has 6 nitrogen and oxygen atoms in total. The molecule has 2 heterocycles. The molecule has 142 valence electrons. The minimum absolute atomic E-state index is 0.0899. The Morgan fingerprint density at radius 1 is 1.00 bits per heavy atom. The first kappa shape index (κ1) is 18.0. The van der Waals surface area contributed by atoms with E-state index >= 15 is 0 Å². The van der Waals surface area contributed by atoms with Crippen molar-refractivity contribution in [2.24, 2.45) is 0 Å². The smallest absolute Gasteiger partial charge is 0.224 e. The van der Waals surface area contributed by atoms with Crippen molar-refractivity contribution in [3.05, 3.63) is 84.7 Å². The van der Waals surface area contributed by atoms with Gasteiger partial charge in [-0.15, -0.1) is 0 Å². The molecule has 28 heavy (non-hydrogen) atoms. The Morgan fingerprint density at radius 3 is 2.64 bits per heavy atom. The van der Waals surface area contributed by atoms with E-state index < -0.39 is 0 Å². The Balaban J connectivity index is 1.37. The number of amides is 1. The molecule has 0 aliphatic rings. The number of imidazole rings is 2. The van der Waals surface area contributed by atoms with E-state index in [4.69, 9.17) is 0 Å². The van der Waals surface area contributed by atoms with Crippen molar-refractivity contribution >= 4 is 16.9 Å². The third kappa shape index (κ3) is 3.96. The lowest BCUT2D eigenvalue weighted by Gasteiger charge is -2.18. The zero-order valence-electron chi connectivity index (χ0n) is 15.9. The van der Waals surface area contributed by atoms with Gasteiger partial charge in [-0.25, -0.2) is 9.97 Å². The molecule has 0 bridgehead atoms. The Bertz CT molecular complexity index is 1070. The SMILES string of the molecule is CN(Cc1nccn1Cc1ccccc1)C(=O)CCn1cnc2ccccc21. The normalized spacial score (nSPS) is 11.0. The minimum Gasteiger partial charge on any atom is -0.338 e. The zero-order valence-corrected chi connectivity index (χ0v) is 15.9. The van der Waals surface area contributed by atoms with Crippen LogP contribution >= 0.6 is 0 Å². The third-order valence-corrected chi connectivity index (χ3v) is 4.90. The molecule has 0 saturated carbocycles.